The van der Waals surface area contributed by atoms with Gasteiger partial charge in [0.1, 0.15) is 0 Å². The highest BCUT2D eigenvalue weighted by Gasteiger charge is 2.47. The summed E-state index contributed by atoms with van der Waals surface area (Å²) in [4.78, 5) is 30.5. The van der Waals surface area contributed by atoms with Crippen molar-refractivity contribution in [1.82, 2.24) is 25.3 Å². The highest BCUT2D eigenvalue weighted by atomic mass is 16.6. The van der Waals surface area contributed by atoms with Gasteiger partial charge in [-0.3, -0.25) is 10.1 Å². The normalized spacial score (nSPS) is 17.5. The molecule has 0 aliphatic carbocycles. The molecule has 5 aromatic carbocycles. The van der Waals surface area contributed by atoms with Crippen molar-refractivity contribution in [2.75, 3.05) is 6.61 Å². The van der Waals surface area contributed by atoms with Gasteiger partial charge in [-0.15, -0.1) is 0 Å². The Bertz CT molecular complexity index is 3360. The molecule has 0 saturated carbocycles. The summed E-state index contributed by atoms with van der Waals surface area (Å²) in [7, 11) is 0. The molecule has 9 nitrogen and oxygen atoms in total. The van der Waals surface area contributed by atoms with Crippen LogP contribution in [-0.4, -0.2) is 37.6 Å². The van der Waals surface area contributed by atoms with Crippen molar-refractivity contribution in [2.24, 2.45) is 5.92 Å². The summed E-state index contributed by atoms with van der Waals surface area (Å²) in [6, 6.07) is 57.1. The molecule has 7 heterocycles. The molecule has 3 aromatic heterocycles. The number of nitro benzene ring substituents is 1. The molecule has 12 rings (SSSR count). The molecule has 3 N–H and O–H groups in total. The average Bonchev–Trinajstić information content (AvgIpc) is 4.21. The Morgan fingerprint density at radius 2 is 0.984 bits per heavy atom. The third kappa shape index (κ3) is 6.28. The summed E-state index contributed by atoms with van der Waals surface area (Å²) in [5.41, 5.74) is 17.8. The van der Waals surface area contributed by atoms with E-state index in [2.05, 4.69) is 149 Å². The zero-order valence-corrected chi connectivity index (χ0v) is 34.5. The Morgan fingerprint density at radius 1 is 0.531 bits per heavy atom. The molecule has 9 heteroatoms. The third-order valence-electron chi connectivity index (χ3n) is 12.9. The minimum absolute atomic E-state index is 0.0331. The second kappa shape index (κ2) is 15.3. The topological polar surface area (TPSA) is 122 Å². The van der Waals surface area contributed by atoms with Crippen LogP contribution < -0.4 is 5.32 Å². The summed E-state index contributed by atoms with van der Waals surface area (Å²) in [5, 5.41) is 15.8. The van der Waals surface area contributed by atoms with Crippen LogP contribution in [0.1, 0.15) is 40.8 Å². The van der Waals surface area contributed by atoms with Crippen LogP contribution in [0.2, 0.25) is 0 Å². The van der Waals surface area contributed by atoms with Crippen LogP contribution >= 0.6 is 0 Å². The average molecular weight is 833 g/mol. The first-order valence-electron chi connectivity index (χ1n) is 21.6. The van der Waals surface area contributed by atoms with Crippen molar-refractivity contribution in [3.05, 3.63) is 208 Å². The van der Waals surface area contributed by atoms with Crippen molar-refractivity contribution in [3.8, 4) is 44.5 Å². The number of hydrogen-bond acceptors (Lipinski definition) is 6. The summed E-state index contributed by atoms with van der Waals surface area (Å²) < 4.78 is 6.85. The van der Waals surface area contributed by atoms with E-state index in [1.807, 2.05) is 36.4 Å². The highest BCUT2D eigenvalue weighted by molar-refractivity contribution is 6.06. The summed E-state index contributed by atoms with van der Waals surface area (Å²) in [5.74, 6) is 0.0331. The van der Waals surface area contributed by atoms with Crippen LogP contribution in [0.25, 0.3) is 90.0 Å². The van der Waals surface area contributed by atoms with Gasteiger partial charge in [0.15, 0.2) is 0 Å². The van der Waals surface area contributed by atoms with E-state index in [1.165, 1.54) is 0 Å². The summed E-state index contributed by atoms with van der Waals surface area (Å²) in [6.45, 7) is 0.574. The molecule has 308 valence electrons. The Balaban J connectivity index is 1.25. The fourth-order valence-corrected chi connectivity index (χ4v) is 10.1. The first-order valence-corrected chi connectivity index (χ1v) is 21.6. The summed E-state index contributed by atoms with van der Waals surface area (Å²) >= 11 is 0. The van der Waals surface area contributed by atoms with Crippen LogP contribution in [0.5, 0.6) is 0 Å². The predicted molar refractivity (Wildman–Crippen MR) is 255 cm³/mol. The Hall–Kier alpha value is -8.14. The number of ether oxygens (including phenoxy) is 1. The fraction of sp³-hybridized carbons (Fsp3) is 0.0909. The second-order valence-electron chi connectivity index (χ2n) is 16.6. The van der Waals surface area contributed by atoms with Crippen LogP contribution in [-0.2, 0) is 4.74 Å². The number of nitro groups is 1. The van der Waals surface area contributed by atoms with Gasteiger partial charge < -0.3 is 20.0 Å². The number of fused-ring (bicyclic) bond motifs is 12. The monoisotopic (exact) mass is 832 g/mol. The molecule has 4 aliphatic rings. The molecular weight excluding hydrogens is 793 g/mol. The van der Waals surface area contributed by atoms with Gasteiger partial charge in [-0.2, -0.15) is 0 Å². The van der Waals surface area contributed by atoms with E-state index < -0.39 is 0 Å². The van der Waals surface area contributed by atoms with E-state index in [9.17, 15) is 10.1 Å². The fourth-order valence-electron chi connectivity index (χ4n) is 10.1. The van der Waals surface area contributed by atoms with Gasteiger partial charge in [0.05, 0.1) is 45.5 Å². The van der Waals surface area contributed by atoms with Gasteiger partial charge >= 0.3 is 0 Å². The zero-order chi connectivity index (χ0) is 42.7. The van der Waals surface area contributed by atoms with Crippen molar-refractivity contribution in [1.29, 1.82) is 0 Å². The first kappa shape index (κ1) is 37.6. The number of aromatic nitrogens is 4. The molecule has 0 radical (unpaired) electrons. The second-order valence-corrected chi connectivity index (χ2v) is 16.6. The molecule has 64 heavy (non-hydrogen) atoms. The smallest absolute Gasteiger partial charge is 0.269 e. The van der Waals surface area contributed by atoms with E-state index in [0.29, 0.717) is 6.61 Å². The number of aromatic amines is 2. The van der Waals surface area contributed by atoms with Gasteiger partial charge in [0.25, 0.3) is 5.69 Å². The number of nitrogens with one attached hydrogen (secondary N) is 3. The summed E-state index contributed by atoms with van der Waals surface area (Å²) in [6.07, 6.45) is 4.74. The van der Waals surface area contributed by atoms with Gasteiger partial charge in [-0.1, -0.05) is 133 Å². The third-order valence-corrected chi connectivity index (χ3v) is 12.9. The van der Waals surface area contributed by atoms with Crippen LogP contribution in [0.4, 0.5) is 5.69 Å². The van der Waals surface area contributed by atoms with Crippen molar-refractivity contribution >= 4 is 51.2 Å². The minimum atomic E-state index is -0.350. The Morgan fingerprint density at radius 3 is 1.47 bits per heavy atom. The van der Waals surface area contributed by atoms with E-state index >= 15 is 0 Å². The lowest BCUT2D eigenvalue weighted by Gasteiger charge is -2.36. The SMILES string of the molecule is O=[N+]([O-])c1ccc([C@H]2NC3=C(c4nc3c(-c3ccccc3)c3ccc([nH]3)c(-c3ccccc3)c3nc(c(-c5ccccc5)c5ccc([nH]5)c4-c4ccccc4)C=C3)[C@@H]3OCC[C@H]23)cc1. The van der Waals surface area contributed by atoms with Gasteiger partial charge in [0.2, 0.25) is 0 Å². The number of nitrogens with zero attached hydrogens (tertiary/aromatic N) is 3. The number of benzene rings is 5. The first-order chi connectivity index (χ1) is 31.6. The largest absolute Gasteiger partial charge is 0.376 e. The van der Waals surface area contributed by atoms with E-state index in [0.717, 1.165) is 113 Å². The molecule has 1 fully saturated rings. The van der Waals surface area contributed by atoms with Crippen molar-refractivity contribution in [3.63, 3.8) is 0 Å². The molecule has 3 atom stereocenters. The van der Waals surface area contributed by atoms with Crippen LogP contribution in [0.3, 0.4) is 0 Å². The lowest BCUT2D eigenvalue weighted by atomic mass is 9.79. The quantitative estimate of drug-likeness (QED) is 0.113. The standard InChI is InChI=1S/C55H40N6O3/c62-61(63)38-23-21-37(22-24-38)51-39-31-32-64-55(39)50-52-48(35-17-9-3-10-18-35)44-29-27-42(57-44)46(33-13-5-1-6-14-33)40-25-26-41(56-40)47(34-15-7-2-8-16-34)43-28-30-45(58-43)49(36-19-11-4-12-20-36)53(60-52)54(50)59-51/h1-30,39,51,55,57-59H,31-32H2/t39-,51-,55-/m1/s1. The van der Waals surface area contributed by atoms with Gasteiger partial charge in [-0.25, -0.2) is 9.97 Å². The van der Waals surface area contributed by atoms with E-state index in [1.54, 1.807) is 12.1 Å². The molecule has 1 saturated heterocycles. The lowest BCUT2D eigenvalue weighted by Crippen LogP contribution is -2.38. The lowest BCUT2D eigenvalue weighted by molar-refractivity contribution is -0.384. The number of H-pyrrole nitrogens is 2. The minimum Gasteiger partial charge on any atom is -0.376 e. The van der Waals surface area contributed by atoms with Gasteiger partial charge in [0, 0.05) is 74.6 Å². The zero-order valence-electron chi connectivity index (χ0n) is 34.5. The molecule has 0 amide bonds. The highest BCUT2D eigenvalue weighted by Crippen LogP contribution is 2.52. The maximum absolute atomic E-state index is 11.8. The predicted octanol–water partition coefficient (Wildman–Crippen LogP) is 12.7. The maximum atomic E-state index is 11.8. The van der Waals surface area contributed by atoms with Crippen molar-refractivity contribution in [2.45, 2.75) is 18.6 Å². The maximum Gasteiger partial charge on any atom is 0.269 e. The molecule has 0 spiro atoms. The molecule has 0 unspecified atom stereocenters. The van der Waals surface area contributed by atoms with E-state index in [-0.39, 0.29) is 28.7 Å². The number of non-ortho nitro benzene ring substituents is 1. The van der Waals surface area contributed by atoms with E-state index in [4.69, 9.17) is 14.7 Å². The molecule has 8 bridgehead atoms. The molecule has 4 aliphatic heterocycles. The van der Waals surface area contributed by atoms with Gasteiger partial charge in [-0.05, 0) is 70.7 Å². The van der Waals surface area contributed by atoms with Crippen LogP contribution in [0, 0.1) is 16.0 Å². The molecular formula is C55H40N6O3. The Labute approximate surface area is 368 Å². The van der Waals surface area contributed by atoms with Crippen molar-refractivity contribution < 1.29 is 9.66 Å². The van der Waals surface area contributed by atoms with Crippen LogP contribution in [0.15, 0.2) is 170 Å². The number of hydrogen-bond donors (Lipinski definition) is 3. The molecule has 8 aromatic rings. The Kier molecular flexibility index (Phi) is 9.01. The number of rotatable bonds is 6.